The summed E-state index contributed by atoms with van der Waals surface area (Å²) in [5, 5.41) is 13.7. The number of nitrogens with two attached hydrogens (primary N) is 2. The van der Waals surface area contributed by atoms with Crippen LogP contribution in [0.5, 0.6) is 0 Å². The molecule has 1 aromatic heterocycles. The third-order valence-electron chi connectivity index (χ3n) is 4.29. The second-order valence-electron chi connectivity index (χ2n) is 6.26. The maximum atomic E-state index is 13.8. The van der Waals surface area contributed by atoms with Crippen molar-refractivity contribution in [1.29, 1.82) is 0 Å². The van der Waals surface area contributed by atoms with Crippen molar-refractivity contribution >= 4 is 35.0 Å². The lowest BCUT2D eigenvalue weighted by atomic mass is 9.87. The van der Waals surface area contributed by atoms with Gasteiger partial charge in [0.25, 0.3) is 11.8 Å². The summed E-state index contributed by atoms with van der Waals surface area (Å²) in [5.74, 6) is -3.80. The van der Waals surface area contributed by atoms with Crippen molar-refractivity contribution in [3.05, 3.63) is 35.0 Å². The Bertz CT molecular complexity index is 834. The van der Waals surface area contributed by atoms with Gasteiger partial charge in [-0.05, 0) is 37.1 Å². The molecular weight excluding hydrogens is 380 g/mol. The number of primary amides is 1. The molecule has 0 spiro atoms. The smallest absolute Gasteiger partial charge is 0.273 e. The van der Waals surface area contributed by atoms with E-state index in [0.29, 0.717) is 23.6 Å². The van der Waals surface area contributed by atoms with Gasteiger partial charge in [-0.15, -0.1) is 10.2 Å². The van der Waals surface area contributed by atoms with Crippen LogP contribution in [0.2, 0.25) is 5.02 Å². The third kappa shape index (κ3) is 4.40. The molecule has 0 aliphatic heterocycles. The van der Waals surface area contributed by atoms with Crippen molar-refractivity contribution in [1.82, 2.24) is 15.2 Å². The Kier molecular flexibility index (Phi) is 5.38. The molecule has 2 aromatic rings. The molecule has 1 amide bonds. The molecule has 0 saturated heterocycles. The van der Waals surface area contributed by atoms with Crippen LogP contribution in [0.3, 0.4) is 0 Å². The first-order valence-corrected chi connectivity index (χ1v) is 8.61. The molecule has 27 heavy (non-hydrogen) atoms. The van der Waals surface area contributed by atoms with Gasteiger partial charge in [0, 0.05) is 17.1 Å². The third-order valence-corrected chi connectivity index (χ3v) is 4.54. The zero-order chi connectivity index (χ0) is 19.6. The molecule has 0 radical (unpaired) electrons. The average molecular weight is 398 g/mol. The predicted octanol–water partition coefficient (Wildman–Crippen LogP) is 2.29. The van der Waals surface area contributed by atoms with Crippen LogP contribution in [0.4, 0.5) is 26.2 Å². The van der Waals surface area contributed by atoms with E-state index in [1.165, 1.54) is 0 Å². The molecule has 1 aliphatic carbocycles. The summed E-state index contributed by atoms with van der Waals surface area (Å²) in [4.78, 5) is 15.7. The molecule has 1 aromatic carbocycles. The number of halogens is 3. The standard InChI is InChI=1S/C16H18ClF2N7O/c17-8-3-5-9(6-4-8)22-14-11(13(21)27)25-26-15(24-14)23-10-2-1-7-16(18,19)12(10)20/h3-6,10,12H,1-2,7,20H2,(H2,21,27)(H2,22,23,24,26)/t10-,12-/m1/s1. The Labute approximate surface area is 158 Å². The zero-order valence-corrected chi connectivity index (χ0v) is 14.9. The van der Waals surface area contributed by atoms with Gasteiger partial charge in [0.2, 0.25) is 5.95 Å². The molecule has 1 saturated carbocycles. The van der Waals surface area contributed by atoms with Crippen LogP contribution >= 0.6 is 11.6 Å². The van der Waals surface area contributed by atoms with Gasteiger partial charge < -0.3 is 22.1 Å². The molecule has 144 valence electrons. The highest BCUT2D eigenvalue weighted by Gasteiger charge is 2.45. The van der Waals surface area contributed by atoms with E-state index in [1.807, 2.05) is 0 Å². The highest BCUT2D eigenvalue weighted by Crippen LogP contribution is 2.33. The van der Waals surface area contributed by atoms with E-state index in [2.05, 4.69) is 25.8 Å². The summed E-state index contributed by atoms with van der Waals surface area (Å²) in [6, 6.07) is 4.52. The number of alkyl halides is 2. The van der Waals surface area contributed by atoms with Crippen LogP contribution < -0.4 is 22.1 Å². The summed E-state index contributed by atoms with van der Waals surface area (Å²) in [7, 11) is 0. The minimum absolute atomic E-state index is 0.0328. The molecular formula is C16H18ClF2N7O. The van der Waals surface area contributed by atoms with Gasteiger partial charge in [-0.3, -0.25) is 4.79 Å². The van der Waals surface area contributed by atoms with Crippen LogP contribution in [0.1, 0.15) is 29.8 Å². The SMILES string of the molecule is NC(=O)c1nnc(N[C@@H]2CCCC(F)(F)[C@@H]2N)nc1Nc1ccc(Cl)cc1. The molecule has 0 bridgehead atoms. The van der Waals surface area contributed by atoms with Crippen LogP contribution in [0.15, 0.2) is 24.3 Å². The Morgan fingerprint density at radius 3 is 2.63 bits per heavy atom. The number of nitrogens with zero attached hydrogens (tertiary/aromatic N) is 3. The van der Waals surface area contributed by atoms with Crippen LogP contribution in [-0.2, 0) is 0 Å². The van der Waals surface area contributed by atoms with Crippen LogP contribution in [0, 0.1) is 0 Å². The number of anilines is 3. The second kappa shape index (κ2) is 7.57. The summed E-state index contributed by atoms with van der Waals surface area (Å²) in [5.41, 5.74) is 11.4. The summed E-state index contributed by atoms with van der Waals surface area (Å²) in [6.45, 7) is 0. The van der Waals surface area contributed by atoms with E-state index in [0.717, 1.165) is 0 Å². The van der Waals surface area contributed by atoms with E-state index in [1.54, 1.807) is 24.3 Å². The molecule has 6 N–H and O–H groups in total. The first-order valence-electron chi connectivity index (χ1n) is 8.23. The highest BCUT2D eigenvalue weighted by molar-refractivity contribution is 6.30. The lowest BCUT2D eigenvalue weighted by molar-refractivity contribution is -0.0555. The zero-order valence-electron chi connectivity index (χ0n) is 14.1. The average Bonchev–Trinajstić information content (AvgIpc) is 2.61. The largest absolute Gasteiger partial charge is 0.364 e. The van der Waals surface area contributed by atoms with Gasteiger partial charge in [0.1, 0.15) is 0 Å². The van der Waals surface area contributed by atoms with Crippen LogP contribution in [0.25, 0.3) is 0 Å². The number of benzene rings is 1. The number of amides is 1. The Morgan fingerprint density at radius 2 is 1.96 bits per heavy atom. The number of carbonyl (C=O) groups excluding carboxylic acids is 1. The normalized spacial score (nSPS) is 21.5. The molecule has 2 atom stereocenters. The molecule has 1 aliphatic rings. The molecule has 1 fully saturated rings. The Balaban J connectivity index is 1.84. The van der Waals surface area contributed by atoms with Crippen molar-refractivity contribution < 1.29 is 13.6 Å². The lowest BCUT2D eigenvalue weighted by Gasteiger charge is -2.35. The topological polar surface area (TPSA) is 132 Å². The minimum Gasteiger partial charge on any atom is -0.364 e. The quantitative estimate of drug-likeness (QED) is 0.608. The first kappa shape index (κ1) is 19.2. The van der Waals surface area contributed by atoms with E-state index < -0.39 is 23.9 Å². The van der Waals surface area contributed by atoms with E-state index in [9.17, 15) is 13.6 Å². The molecule has 11 heteroatoms. The fourth-order valence-electron chi connectivity index (χ4n) is 2.84. The fourth-order valence-corrected chi connectivity index (χ4v) is 2.96. The Hall–Kier alpha value is -2.59. The monoisotopic (exact) mass is 397 g/mol. The van der Waals surface area contributed by atoms with Gasteiger partial charge in [0.15, 0.2) is 11.5 Å². The minimum atomic E-state index is -2.97. The van der Waals surface area contributed by atoms with Crippen LogP contribution in [-0.4, -0.2) is 39.1 Å². The first-order chi connectivity index (χ1) is 12.8. The number of carbonyl (C=O) groups is 1. The molecule has 8 nitrogen and oxygen atoms in total. The van der Waals surface area contributed by atoms with E-state index >= 15 is 0 Å². The van der Waals surface area contributed by atoms with Crippen molar-refractivity contribution in [3.8, 4) is 0 Å². The summed E-state index contributed by atoms with van der Waals surface area (Å²) < 4.78 is 27.6. The Morgan fingerprint density at radius 1 is 1.26 bits per heavy atom. The number of hydrogen-bond donors (Lipinski definition) is 4. The molecule has 1 heterocycles. The van der Waals surface area contributed by atoms with E-state index in [4.69, 9.17) is 23.1 Å². The fraction of sp³-hybridized carbons (Fsp3) is 0.375. The summed E-state index contributed by atoms with van der Waals surface area (Å²) in [6.07, 6.45) is 0.508. The summed E-state index contributed by atoms with van der Waals surface area (Å²) >= 11 is 5.84. The van der Waals surface area contributed by atoms with Crippen molar-refractivity contribution in [2.45, 2.75) is 37.3 Å². The maximum absolute atomic E-state index is 13.8. The predicted molar refractivity (Wildman–Crippen MR) is 97.3 cm³/mol. The van der Waals surface area contributed by atoms with E-state index in [-0.39, 0.29) is 23.9 Å². The van der Waals surface area contributed by atoms with Gasteiger partial charge in [-0.1, -0.05) is 11.6 Å². The highest BCUT2D eigenvalue weighted by atomic mass is 35.5. The van der Waals surface area contributed by atoms with Gasteiger partial charge in [0.05, 0.1) is 12.1 Å². The van der Waals surface area contributed by atoms with Gasteiger partial charge >= 0.3 is 0 Å². The number of rotatable bonds is 5. The maximum Gasteiger partial charge on any atom is 0.273 e. The van der Waals surface area contributed by atoms with Gasteiger partial charge in [-0.25, -0.2) is 8.78 Å². The molecule has 0 unspecified atom stereocenters. The van der Waals surface area contributed by atoms with Crippen molar-refractivity contribution in [2.24, 2.45) is 11.5 Å². The van der Waals surface area contributed by atoms with Crippen molar-refractivity contribution in [3.63, 3.8) is 0 Å². The number of nitrogens with one attached hydrogen (secondary N) is 2. The number of hydrogen-bond acceptors (Lipinski definition) is 7. The number of aromatic nitrogens is 3. The molecule has 3 rings (SSSR count). The van der Waals surface area contributed by atoms with Gasteiger partial charge in [-0.2, -0.15) is 4.98 Å². The van der Waals surface area contributed by atoms with Crippen molar-refractivity contribution in [2.75, 3.05) is 10.6 Å². The second-order valence-corrected chi connectivity index (χ2v) is 6.70. The lowest BCUT2D eigenvalue weighted by Crippen LogP contribution is -2.55.